The van der Waals surface area contributed by atoms with Crippen LogP contribution in [-0.4, -0.2) is 39.1 Å². The van der Waals surface area contributed by atoms with E-state index in [1.807, 2.05) is 6.07 Å². The number of hydrogen-bond acceptors (Lipinski definition) is 6. The number of nitriles is 1. The molecule has 33 heavy (non-hydrogen) atoms. The molecule has 8 nitrogen and oxygen atoms in total. The van der Waals surface area contributed by atoms with Crippen LogP contribution in [0.2, 0.25) is 0 Å². The summed E-state index contributed by atoms with van der Waals surface area (Å²) in [6.07, 6.45) is -2.79. The molecule has 0 spiro atoms. The summed E-state index contributed by atoms with van der Waals surface area (Å²) in [7, 11) is 1.72. The molecule has 2 heterocycles. The average molecular weight is 460 g/mol. The topological polar surface area (TPSA) is 119 Å². The minimum atomic E-state index is -4.66. The highest BCUT2D eigenvalue weighted by Gasteiger charge is 2.35. The first kappa shape index (κ1) is 24.0. The van der Waals surface area contributed by atoms with E-state index in [0.717, 1.165) is 6.07 Å². The van der Waals surface area contributed by atoms with E-state index in [9.17, 15) is 23.2 Å². The molecule has 0 atom stereocenters. The fraction of sp³-hybridized carbons (Fsp3) is 0.364. The summed E-state index contributed by atoms with van der Waals surface area (Å²) in [5.74, 6) is -0.849. The van der Waals surface area contributed by atoms with Gasteiger partial charge < -0.3 is 20.4 Å². The van der Waals surface area contributed by atoms with Gasteiger partial charge in [-0.1, -0.05) is 0 Å². The molecule has 1 aromatic carbocycles. The summed E-state index contributed by atoms with van der Waals surface area (Å²) >= 11 is 0. The number of hydrogen-bond donors (Lipinski definition) is 2. The van der Waals surface area contributed by atoms with Gasteiger partial charge in [0.2, 0.25) is 5.91 Å². The smallest absolute Gasteiger partial charge is 0.419 e. The summed E-state index contributed by atoms with van der Waals surface area (Å²) in [4.78, 5) is 19.6. The molecule has 1 amide bonds. The molecule has 0 bridgehead atoms. The van der Waals surface area contributed by atoms with Crippen LogP contribution < -0.4 is 15.8 Å². The van der Waals surface area contributed by atoms with Crippen molar-refractivity contribution >= 4 is 16.9 Å². The number of pyridine rings is 1. The number of fused-ring (bicyclic) bond motifs is 1. The van der Waals surface area contributed by atoms with Gasteiger partial charge >= 0.3 is 6.18 Å². The van der Waals surface area contributed by atoms with Gasteiger partial charge in [-0.2, -0.15) is 18.4 Å². The number of carbonyl (C=O) groups is 1. The molecule has 0 radical (unpaired) electrons. The molecular formula is C22H23F3N6O2. The van der Waals surface area contributed by atoms with Crippen molar-refractivity contribution in [3.05, 3.63) is 41.9 Å². The Morgan fingerprint density at radius 3 is 2.67 bits per heavy atom. The Morgan fingerprint density at radius 2 is 2.03 bits per heavy atom. The zero-order valence-electron chi connectivity index (χ0n) is 18.3. The monoisotopic (exact) mass is 460 g/mol. The summed E-state index contributed by atoms with van der Waals surface area (Å²) in [5, 5.41) is 12.3. The van der Waals surface area contributed by atoms with Crippen molar-refractivity contribution in [3.63, 3.8) is 0 Å². The number of rotatable bonds is 8. The van der Waals surface area contributed by atoms with Crippen molar-refractivity contribution in [1.82, 2.24) is 19.9 Å². The number of carbonyl (C=O) groups excluding carboxylic acids is 1. The van der Waals surface area contributed by atoms with Crippen molar-refractivity contribution in [2.24, 2.45) is 12.8 Å². The van der Waals surface area contributed by atoms with Crippen LogP contribution in [0.3, 0.4) is 0 Å². The minimum absolute atomic E-state index is 0.00206. The molecule has 0 unspecified atom stereocenters. The number of nitrogens with two attached hydrogens (primary N) is 1. The third-order valence-corrected chi connectivity index (χ3v) is 5.16. The second-order valence-corrected chi connectivity index (χ2v) is 8.02. The van der Waals surface area contributed by atoms with Crippen molar-refractivity contribution in [2.75, 3.05) is 13.2 Å². The maximum absolute atomic E-state index is 13.7. The van der Waals surface area contributed by atoms with Gasteiger partial charge in [-0.3, -0.25) is 4.79 Å². The molecule has 3 aromatic rings. The number of aromatic nitrogens is 3. The fourth-order valence-electron chi connectivity index (χ4n) is 3.13. The highest BCUT2D eigenvalue weighted by atomic mass is 19.4. The van der Waals surface area contributed by atoms with Gasteiger partial charge in [-0.25, -0.2) is 9.97 Å². The maximum atomic E-state index is 13.7. The lowest BCUT2D eigenvalue weighted by Crippen LogP contribution is -2.51. The van der Waals surface area contributed by atoms with Crippen molar-refractivity contribution in [3.8, 4) is 23.1 Å². The number of alkyl halides is 3. The fourth-order valence-corrected chi connectivity index (χ4v) is 3.13. The van der Waals surface area contributed by atoms with Gasteiger partial charge in [0.1, 0.15) is 17.3 Å². The Labute approximate surface area is 188 Å². The summed E-state index contributed by atoms with van der Waals surface area (Å²) < 4.78 is 48.3. The van der Waals surface area contributed by atoms with E-state index in [2.05, 4.69) is 15.3 Å². The van der Waals surface area contributed by atoms with E-state index in [-0.39, 0.29) is 29.3 Å². The average Bonchev–Trinajstić information content (AvgIpc) is 3.13. The van der Waals surface area contributed by atoms with E-state index >= 15 is 0 Å². The predicted molar refractivity (Wildman–Crippen MR) is 115 cm³/mol. The van der Waals surface area contributed by atoms with Crippen LogP contribution in [0, 0.1) is 11.3 Å². The summed E-state index contributed by atoms with van der Waals surface area (Å²) in [6.45, 7) is 3.57. The van der Waals surface area contributed by atoms with E-state index in [0.29, 0.717) is 24.0 Å². The van der Waals surface area contributed by atoms with Crippen LogP contribution in [-0.2, 0) is 18.0 Å². The number of benzene rings is 1. The second kappa shape index (κ2) is 9.07. The van der Waals surface area contributed by atoms with Crippen molar-refractivity contribution in [1.29, 1.82) is 5.26 Å². The van der Waals surface area contributed by atoms with E-state index in [1.165, 1.54) is 18.5 Å². The number of imidazole rings is 1. The van der Waals surface area contributed by atoms with Crippen molar-refractivity contribution < 1.29 is 22.7 Å². The number of nitrogens with one attached hydrogen (secondary N) is 1. The third kappa shape index (κ3) is 5.23. The lowest BCUT2D eigenvalue weighted by atomic mass is 10.0. The molecule has 3 rings (SSSR count). The molecule has 2 aromatic heterocycles. The van der Waals surface area contributed by atoms with Crippen LogP contribution in [0.25, 0.3) is 22.3 Å². The first-order valence-electron chi connectivity index (χ1n) is 10.1. The standard InChI is InChI=1S/C22H23F3N6O2/c1-21(2,20(27)32)29-7-4-8-33-18-6-5-13(9-14(18)22(23,24)25)15-10-17-19(16(11-26)30-15)28-12-31(17)3/h5-6,9-10,12,29H,4,7-8H2,1-3H3,(H2,27,32). The lowest BCUT2D eigenvalue weighted by molar-refractivity contribution is -0.139. The number of halogens is 3. The first-order valence-corrected chi connectivity index (χ1v) is 10.1. The molecule has 11 heteroatoms. The molecule has 0 saturated heterocycles. The SMILES string of the molecule is Cn1cnc2c(C#N)nc(-c3ccc(OCCCNC(C)(C)C(N)=O)c(C(F)(F)F)c3)cc21. The second-order valence-electron chi connectivity index (χ2n) is 8.02. The summed E-state index contributed by atoms with van der Waals surface area (Å²) in [5.41, 5.74) is 4.80. The largest absolute Gasteiger partial charge is 0.493 e. The highest BCUT2D eigenvalue weighted by molar-refractivity contribution is 5.84. The molecule has 0 aliphatic heterocycles. The van der Waals surface area contributed by atoms with Gasteiger partial charge in [0.15, 0.2) is 5.69 Å². The first-order chi connectivity index (χ1) is 15.4. The van der Waals surface area contributed by atoms with E-state index < -0.39 is 23.2 Å². The van der Waals surface area contributed by atoms with Gasteiger partial charge in [-0.15, -0.1) is 0 Å². The van der Waals surface area contributed by atoms with Crippen LogP contribution in [0.4, 0.5) is 13.2 Å². The Hall–Kier alpha value is -3.65. The Morgan fingerprint density at radius 1 is 1.30 bits per heavy atom. The molecular weight excluding hydrogens is 437 g/mol. The molecule has 3 N–H and O–H groups in total. The van der Waals surface area contributed by atoms with Crippen LogP contribution in [0.15, 0.2) is 30.6 Å². The quantitative estimate of drug-likeness (QED) is 0.499. The Balaban J connectivity index is 1.83. The van der Waals surface area contributed by atoms with Crippen LogP contribution in [0.1, 0.15) is 31.5 Å². The molecule has 0 aliphatic carbocycles. The zero-order valence-corrected chi connectivity index (χ0v) is 18.3. The number of nitrogens with zero attached hydrogens (tertiary/aromatic N) is 4. The normalized spacial score (nSPS) is 12.0. The van der Waals surface area contributed by atoms with Crippen molar-refractivity contribution in [2.45, 2.75) is 32.0 Å². The van der Waals surface area contributed by atoms with Gasteiger partial charge in [0.25, 0.3) is 0 Å². The lowest BCUT2D eigenvalue weighted by Gasteiger charge is -2.22. The Bertz CT molecular complexity index is 1230. The van der Waals surface area contributed by atoms with E-state index in [4.69, 9.17) is 10.5 Å². The molecule has 0 aliphatic rings. The predicted octanol–water partition coefficient (Wildman–Crippen LogP) is 3.15. The van der Waals surface area contributed by atoms with Crippen LogP contribution >= 0.6 is 0 Å². The number of primary amides is 1. The number of amides is 1. The van der Waals surface area contributed by atoms with E-state index in [1.54, 1.807) is 31.5 Å². The highest BCUT2D eigenvalue weighted by Crippen LogP contribution is 2.39. The molecule has 174 valence electrons. The minimum Gasteiger partial charge on any atom is -0.493 e. The zero-order chi connectivity index (χ0) is 24.4. The molecule has 0 saturated carbocycles. The number of ether oxygens (including phenoxy) is 1. The Kier molecular flexibility index (Phi) is 6.60. The summed E-state index contributed by atoms with van der Waals surface area (Å²) in [6, 6.07) is 7.18. The van der Waals surface area contributed by atoms with Gasteiger partial charge in [0, 0.05) is 12.6 Å². The maximum Gasteiger partial charge on any atom is 0.419 e. The third-order valence-electron chi connectivity index (χ3n) is 5.16. The van der Waals surface area contributed by atoms with Crippen LogP contribution in [0.5, 0.6) is 5.75 Å². The van der Waals surface area contributed by atoms with Gasteiger partial charge in [0.05, 0.1) is 35.2 Å². The van der Waals surface area contributed by atoms with Gasteiger partial charge in [-0.05, 0) is 51.1 Å². The number of aryl methyl sites for hydroxylation is 1. The molecule has 0 fully saturated rings.